The average molecular weight is 403 g/mol. The number of allylic oxidation sites excluding steroid dienone is 8. The number of rotatable bonds is 0. The van der Waals surface area contributed by atoms with Gasteiger partial charge in [-0.1, -0.05) is 52.6 Å². The summed E-state index contributed by atoms with van der Waals surface area (Å²) in [6, 6.07) is 0. The second-order valence-corrected chi connectivity index (χ2v) is 6.55. The van der Waals surface area contributed by atoms with Crippen LogP contribution in [0, 0.1) is 24.0 Å². The van der Waals surface area contributed by atoms with E-state index >= 15 is 0 Å². The maximum atomic E-state index is 3.29. The van der Waals surface area contributed by atoms with Gasteiger partial charge in [0.15, 0.2) is 0 Å². The Morgan fingerprint density at radius 3 is 1.05 bits per heavy atom. The summed E-state index contributed by atoms with van der Waals surface area (Å²) in [6.45, 7) is 17.2. The monoisotopic (exact) mass is 401 g/mol. The van der Waals surface area contributed by atoms with Gasteiger partial charge in [0.2, 0.25) is 0 Å². The van der Waals surface area contributed by atoms with Crippen molar-refractivity contribution in [2.24, 2.45) is 11.8 Å². The molecule has 2 aliphatic rings. The van der Waals surface area contributed by atoms with Crippen molar-refractivity contribution in [1.82, 2.24) is 0 Å². The summed E-state index contributed by atoms with van der Waals surface area (Å²) in [7, 11) is 0.750. The Labute approximate surface area is 157 Å². The Morgan fingerprint density at radius 2 is 1.00 bits per heavy atom. The molecule has 0 fully saturated rings. The van der Waals surface area contributed by atoms with Crippen molar-refractivity contribution in [2.75, 3.05) is 0 Å². The normalized spacial score (nSPS) is 20.9. The summed E-state index contributed by atoms with van der Waals surface area (Å²) in [5.41, 5.74) is 5.41. The molecule has 2 rings (SSSR count). The number of hydrogen-bond donors (Lipinski definition) is 0. The maximum absolute atomic E-state index is 3.29. The Hall–Kier alpha value is -0.0800. The van der Waals surface area contributed by atoms with Crippen LogP contribution in [-0.4, -0.2) is 9.52 Å². The van der Waals surface area contributed by atoms with Crippen LogP contribution in [0.3, 0.4) is 0 Å². The quantitative estimate of drug-likeness (QED) is 0.367. The molecule has 1 radical (unpaired) electrons. The minimum atomic E-state index is 0. The van der Waals surface area contributed by atoms with Crippen molar-refractivity contribution in [1.29, 1.82) is 0 Å². The van der Waals surface area contributed by atoms with Gasteiger partial charge in [0, 0.05) is 9.52 Å². The van der Waals surface area contributed by atoms with E-state index < -0.39 is 0 Å². The molecular weight excluding hydrogens is 374 g/mol. The zero-order valence-corrected chi connectivity index (χ0v) is 18.8. The van der Waals surface area contributed by atoms with Crippen molar-refractivity contribution < 1.29 is 35.6 Å². The molecule has 0 aromatic carbocycles. The molecule has 0 amide bonds. The summed E-state index contributed by atoms with van der Waals surface area (Å²) in [5.74, 6) is 1.10. The van der Waals surface area contributed by atoms with E-state index in [9.17, 15) is 0 Å². The molecule has 0 N–H and O–H groups in total. The van der Waals surface area contributed by atoms with E-state index in [0.717, 1.165) is 9.52 Å². The first-order chi connectivity index (χ1) is 8.81. The van der Waals surface area contributed by atoms with Gasteiger partial charge >= 0.3 is 26.2 Å². The summed E-state index contributed by atoms with van der Waals surface area (Å²) in [5, 5.41) is 0. The molecule has 0 heterocycles. The summed E-state index contributed by atoms with van der Waals surface area (Å²) < 4.78 is 0. The third-order valence-electron chi connectivity index (χ3n) is 3.07. The van der Waals surface area contributed by atoms with Crippen LogP contribution >= 0.6 is 0 Å². The van der Waals surface area contributed by atoms with Crippen molar-refractivity contribution in [3.63, 3.8) is 0 Å². The van der Waals surface area contributed by atoms with E-state index in [1.165, 1.54) is 22.3 Å². The predicted octanol–water partition coefficient (Wildman–Crippen LogP) is -0.812. The largest absolute Gasteiger partial charge is 4.00 e. The van der Waals surface area contributed by atoms with Crippen molar-refractivity contribution in [3.8, 4) is 0 Å². The minimum Gasteiger partial charge on any atom is -1.00 e. The molecular formula is C18H29F2SiZr. The first kappa shape index (κ1) is 29.9. The second kappa shape index (κ2) is 15.8. The molecule has 0 aliphatic heterocycles. The van der Waals surface area contributed by atoms with E-state index in [1.807, 2.05) is 0 Å². The molecule has 0 spiro atoms. The SMILES string of the molecule is CC1=[C-]C(C)C=C1C.CC1=[C-]C(C)C=C1C.C[SiH]C.[F-].[F-].[Zr+4]. The van der Waals surface area contributed by atoms with Crippen molar-refractivity contribution >= 4 is 9.52 Å². The van der Waals surface area contributed by atoms with Crippen LogP contribution < -0.4 is 9.41 Å². The van der Waals surface area contributed by atoms with Gasteiger partial charge in [-0.3, -0.25) is 12.2 Å². The standard InChI is InChI=1S/2C8H11.C2H7Si.2FH.Zr/c2*1-6-4-7(2)8(3)5-6;1-3-2;;;/h2*4,6H,1-3H3;3H,1-2H3;2*1H;/q2*-1;;;;+4/p-2. The van der Waals surface area contributed by atoms with Crippen LogP contribution in [-0.2, 0) is 26.2 Å². The van der Waals surface area contributed by atoms with Gasteiger partial charge in [0.25, 0.3) is 0 Å². The van der Waals surface area contributed by atoms with Gasteiger partial charge in [0.1, 0.15) is 0 Å². The van der Waals surface area contributed by atoms with Gasteiger partial charge in [-0.2, -0.15) is 12.2 Å². The van der Waals surface area contributed by atoms with Crippen LogP contribution in [0.1, 0.15) is 41.5 Å². The van der Waals surface area contributed by atoms with Gasteiger partial charge in [-0.05, 0) is 0 Å². The average Bonchev–Trinajstić information content (AvgIpc) is 2.72. The Balaban J connectivity index is -0.000000112. The third-order valence-corrected chi connectivity index (χ3v) is 3.07. The first-order valence-corrected chi connectivity index (χ1v) is 9.44. The first-order valence-electron chi connectivity index (χ1n) is 7.13. The Bertz CT molecular complexity index is 335. The van der Waals surface area contributed by atoms with E-state index in [1.54, 1.807) is 0 Å². The molecule has 0 saturated carbocycles. The minimum absolute atomic E-state index is 0. The number of halogens is 2. The Kier molecular flexibility index (Phi) is 21.5. The van der Waals surface area contributed by atoms with Gasteiger partial charge in [-0.25, -0.2) is 22.3 Å². The molecule has 2 atom stereocenters. The van der Waals surface area contributed by atoms with Gasteiger partial charge in [0.05, 0.1) is 0 Å². The predicted molar refractivity (Wildman–Crippen MR) is 89.6 cm³/mol. The number of hydrogen-bond acceptors (Lipinski definition) is 0. The van der Waals surface area contributed by atoms with Crippen LogP contribution in [0.2, 0.25) is 13.1 Å². The second-order valence-electron chi connectivity index (χ2n) is 5.39. The molecule has 4 heteroatoms. The van der Waals surface area contributed by atoms with Crippen molar-refractivity contribution in [2.45, 2.75) is 54.6 Å². The van der Waals surface area contributed by atoms with Crippen LogP contribution in [0.25, 0.3) is 0 Å². The molecule has 22 heavy (non-hydrogen) atoms. The zero-order chi connectivity index (χ0) is 15.0. The molecule has 0 aromatic rings. The summed E-state index contributed by atoms with van der Waals surface area (Å²) >= 11 is 0. The molecule has 0 saturated heterocycles. The fourth-order valence-electron chi connectivity index (χ4n) is 1.99. The molecule has 2 aliphatic carbocycles. The molecule has 2 unspecified atom stereocenters. The fraction of sp³-hybridized carbons (Fsp3) is 0.556. The van der Waals surface area contributed by atoms with Crippen LogP contribution in [0.15, 0.2) is 34.4 Å². The van der Waals surface area contributed by atoms with Crippen LogP contribution in [0.5, 0.6) is 0 Å². The molecule has 0 nitrogen and oxygen atoms in total. The maximum Gasteiger partial charge on any atom is 4.00 e. The molecule has 0 bridgehead atoms. The topological polar surface area (TPSA) is 0 Å². The van der Waals surface area contributed by atoms with E-state index in [4.69, 9.17) is 0 Å². The molecule has 123 valence electrons. The van der Waals surface area contributed by atoms with Gasteiger partial charge in [-0.15, -0.1) is 13.8 Å². The zero-order valence-electron chi connectivity index (χ0n) is 15.1. The van der Waals surface area contributed by atoms with Crippen LogP contribution in [0.4, 0.5) is 0 Å². The van der Waals surface area contributed by atoms with Crippen molar-refractivity contribution in [3.05, 3.63) is 46.6 Å². The van der Waals surface area contributed by atoms with E-state index in [2.05, 4.69) is 78.9 Å². The smallest absolute Gasteiger partial charge is 1.00 e. The van der Waals surface area contributed by atoms with E-state index in [0.29, 0.717) is 11.8 Å². The van der Waals surface area contributed by atoms with E-state index in [-0.39, 0.29) is 35.6 Å². The third kappa shape index (κ3) is 12.5. The summed E-state index contributed by atoms with van der Waals surface area (Å²) in [4.78, 5) is 0. The Morgan fingerprint density at radius 1 is 0.773 bits per heavy atom. The molecule has 0 aromatic heterocycles. The fourth-order valence-corrected chi connectivity index (χ4v) is 1.99. The van der Waals surface area contributed by atoms with Gasteiger partial charge < -0.3 is 9.41 Å². The summed E-state index contributed by atoms with van der Waals surface area (Å²) in [6.07, 6.45) is 11.0.